The minimum absolute atomic E-state index is 0. The van der Waals surface area contributed by atoms with Gasteiger partial charge in [-0.2, -0.15) is 0 Å². The second-order valence-electron chi connectivity index (χ2n) is 1.41. The Bertz CT molecular complexity index is 183. The Balaban J connectivity index is 0.000000640. The Kier molecular flexibility index (Phi) is 4.50. The quantitative estimate of drug-likeness (QED) is 0.675. The van der Waals surface area contributed by atoms with Gasteiger partial charge in [-0.15, -0.1) is 0 Å². The van der Waals surface area contributed by atoms with Gasteiger partial charge in [0.2, 0.25) is 0 Å². The SMILES string of the molecule is C.N#CCc1ccc[te]1. The number of hydrogen-bond donors (Lipinski definition) is 0. The van der Waals surface area contributed by atoms with E-state index in [-0.39, 0.29) is 27.9 Å². The van der Waals surface area contributed by atoms with Crippen LogP contribution >= 0.6 is 0 Å². The van der Waals surface area contributed by atoms with Crippen LogP contribution in [-0.4, -0.2) is 20.4 Å². The van der Waals surface area contributed by atoms with Crippen LogP contribution in [0.3, 0.4) is 0 Å². The van der Waals surface area contributed by atoms with E-state index < -0.39 is 0 Å². The maximum atomic E-state index is 8.23. The minimum atomic E-state index is -0.0269. The molecule has 2 heteroatoms. The van der Waals surface area contributed by atoms with Crippen molar-refractivity contribution >= 4 is 20.4 Å². The van der Waals surface area contributed by atoms with Crippen LogP contribution in [0.5, 0.6) is 0 Å². The van der Waals surface area contributed by atoms with Gasteiger partial charge in [-0.25, -0.2) is 0 Å². The van der Waals surface area contributed by atoms with Gasteiger partial charge in [-0.1, -0.05) is 7.43 Å². The fourth-order valence-corrected chi connectivity index (χ4v) is 2.31. The number of hydrogen-bond acceptors (Lipinski definition) is 1. The van der Waals surface area contributed by atoms with Gasteiger partial charge in [0.05, 0.1) is 0 Å². The van der Waals surface area contributed by atoms with Gasteiger partial charge in [0, 0.05) is 0 Å². The van der Waals surface area contributed by atoms with E-state index in [2.05, 4.69) is 22.3 Å². The third-order valence-corrected chi connectivity index (χ3v) is 3.33. The standard InChI is InChI=1S/C6H5NTe.CH4/c7-4-3-6-2-1-5-8-6;/h1-2,5H,3H2;1H4. The first kappa shape index (κ1) is 8.76. The van der Waals surface area contributed by atoms with Crippen molar-refractivity contribution in [2.75, 3.05) is 0 Å². The first-order chi connectivity index (χ1) is 3.93. The van der Waals surface area contributed by atoms with Crippen LogP contribution in [0, 0.1) is 11.3 Å². The van der Waals surface area contributed by atoms with Crippen molar-refractivity contribution in [1.29, 1.82) is 5.26 Å². The molecular weight excluding hydrogens is 226 g/mol. The molecule has 1 aromatic rings. The second kappa shape index (κ2) is 4.62. The summed E-state index contributed by atoms with van der Waals surface area (Å²) < 4.78 is 3.55. The van der Waals surface area contributed by atoms with Gasteiger partial charge in [0.15, 0.2) is 0 Å². The summed E-state index contributed by atoms with van der Waals surface area (Å²) in [6.45, 7) is 0. The normalized spacial score (nSPS) is 7.44. The average Bonchev–Trinajstić information content (AvgIpc) is 2.19. The van der Waals surface area contributed by atoms with E-state index >= 15 is 0 Å². The van der Waals surface area contributed by atoms with Gasteiger partial charge >= 0.3 is 58.0 Å². The van der Waals surface area contributed by atoms with E-state index in [0.717, 1.165) is 0 Å². The summed E-state index contributed by atoms with van der Waals surface area (Å²) in [5.41, 5.74) is 0. The summed E-state index contributed by atoms with van der Waals surface area (Å²) in [5.74, 6) is 0. The zero-order valence-corrected chi connectivity index (χ0v) is 6.62. The molecule has 0 fully saturated rings. The van der Waals surface area contributed by atoms with Crippen molar-refractivity contribution in [3.8, 4) is 6.07 Å². The topological polar surface area (TPSA) is 23.8 Å². The molecule has 0 radical (unpaired) electrons. The maximum absolute atomic E-state index is 8.23. The Hall–Kier alpha value is -0.240. The third-order valence-electron chi connectivity index (χ3n) is 0.833. The molecule has 0 unspecified atom stereocenters. The van der Waals surface area contributed by atoms with Gasteiger partial charge in [-0.3, -0.25) is 0 Å². The van der Waals surface area contributed by atoms with Crippen molar-refractivity contribution in [3.05, 3.63) is 19.8 Å². The third kappa shape index (κ3) is 2.70. The molecule has 0 saturated carbocycles. The summed E-state index contributed by atoms with van der Waals surface area (Å²) in [6.07, 6.45) is 0.648. The van der Waals surface area contributed by atoms with Gasteiger partial charge < -0.3 is 0 Å². The fraction of sp³-hybridized carbons (Fsp3) is 0.286. The molecule has 0 bridgehead atoms. The van der Waals surface area contributed by atoms with E-state index in [0.29, 0.717) is 6.42 Å². The van der Waals surface area contributed by atoms with Crippen molar-refractivity contribution in [2.45, 2.75) is 13.8 Å². The average molecular weight is 235 g/mol. The molecule has 48 valence electrons. The Morgan fingerprint density at radius 3 is 2.89 bits per heavy atom. The van der Waals surface area contributed by atoms with Crippen LogP contribution < -0.4 is 0 Å². The number of nitriles is 1. The first-order valence-corrected chi connectivity index (χ1v) is 4.84. The fourth-order valence-electron chi connectivity index (χ4n) is 0.491. The van der Waals surface area contributed by atoms with Crippen molar-refractivity contribution < 1.29 is 0 Å². The molecule has 0 atom stereocenters. The molecule has 0 aliphatic rings. The molecule has 0 aliphatic carbocycles. The van der Waals surface area contributed by atoms with Crippen molar-refractivity contribution in [2.24, 2.45) is 0 Å². The van der Waals surface area contributed by atoms with E-state index in [1.807, 2.05) is 0 Å². The van der Waals surface area contributed by atoms with Crippen LogP contribution in [0.15, 0.2) is 16.2 Å². The predicted molar refractivity (Wildman–Crippen MR) is 39.4 cm³/mol. The Labute approximate surface area is 65.6 Å². The number of nitrogens with zero attached hydrogens (tertiary/aromatic N) is 1. The summed E-state index contributed by atoms with van der Waals surface area (Å²) in [5, 5.41) is 8.23. The first-order valence-electron chi connectivity index (χ1n) is 2.33. The number of rotatable bonds is 1. The van der Waals surface area contributed by atoms with Crippen LogP contribution in [0.1, 0.15) is 11.0 Å². The molecule has 0 N–H and O–H groups in total. The van der Waals surface area contributed by atoms with E-state index in [1.54, 1.807) is 0 Å². The van der Waals surface area contributed by atoms with Gasteiger partial charge in [0.25, 0.3) is 0 Å². The summed E-state index contributed by atoms with van der Waals surface area (Å²) in [7, 11) is 0. The molecule has 1 aromatic heterocycles. The summed E-state index contributed by atoms with van der Waals surface area (Å²) in [6, 6.07) is 6.25. The molecule has 1 heterocycles. The molecular formula is C7H9NTe. The Morgan fingerprint density at radius 1 is 1.67 bits per heavy atom. The second-order valence-corrected chi connectivity index (χ2v) is 4.36. The molecule has 1 rings (SSSR count). The van der Waals surface area contributed by atoms with Crippen LogP contribution in [-0.2, 0) is 6.42 Å². The molecule has 9 heavy (non-hydrogen) atoms. The molecule has 0 spiro atoms. The predicted octanol–water partition coefficient (Wildman–Crippen LogP) is 1.45. The molecule has 0 saturated heterocycles. The van der Waals surface area contributed by atoms with Gasteiger partial charge in [-0.05, 0) is 0 Å². The monoisotopic (exact) mass is 237 g/mol. The molecule has 0 aromatic carbocycles. The zero-order valence-electron chi connectivity index (χ0n) is 4.29. The van der Waals surface area contributed by atoms with Crippen molar-refractivity contribution in [1.82, 2.24) is 0 Å². The van der Waals surface area contributed by atoms with Crippen molar-refractivity contribution in [3.63, 3.8) is 0 Å². The Morgan fingerprint density at radius 2 is 2.44 bits per heavy atom. The van der Waals surface area contributed by atoms with Crippen LogP contribution in [0.4, 0.5) is 0 Å². The summed E-state index contributed by atoms with van der Waals surface area (Å²) in [4.78, 5) is 0. The molecule has 0 amide bonds. The molecule has 0 aliphatic heterocycles. The zero-order chi connectivity index (χ0) is 5.82. The summed E-state index contributed by atoms with van der Waals surface area (Å²) >= 11 is -0.0269. The van der Waals surface area contributed by atoms with E-state index in [9.17, 15) is 0 Å². The van der Waals surface area contributed by atoms with Crippen LogP contribution in [0.25, 0.3) is 0 Å². The van der Waals surface area contributed by atoms with Crippen LogP contribution in [0.2, 0.25) is 0 Å². The molecule has 1 nitrogen and oxygen atoms in total. The van der Waals surface area contributed by atoms with Gasteiger partial charge in [0.1, 0.15) is 0 Å². The van der Waals surface area contributed by atoms with E-state index in [4.69, 9.17) is 5.26 Å². The van der Waals surface area contributed by atoms with E-state index in [1.165, 1.54) is 3.58 Å².